The van der Waals surface area contributed by atoms with Gasteiger partial charge in [-0.25, -0.2) is 0 Å². The van der Waals surface area contributed by atoms with Crippen LogP contribution in [0.5, 0.6) is 0 Å². The molecule has 0 saturated heterocycles. The number of rotatable bonds is 10. The Morgan fingerprint density at radius 2 is 1.21 bits per heavy atom. The fraction of sp³-hybridized carbons (Fsp3) is 0.417. The Morgan fingerprint density at radius 1 is 0.679 bits per heavy atom. The molecule has 0 aliphatic rings. The largest absolute Gasteiger partial charge is 0.302 e. The molecule has 0 saturated carbocycles. The van der Waals surface area contributed by atoms with E-state index in [0.29, 0.717) is 0 Å². The van der Waals surface area contributed by atoms with Crippen molar-refractivity contribution in [3.63, 3.8) is 0 Å². The quantitative estimate of drug-likeness (QED) is 0.369. The first-order chi connectivity index (χ1) is 12.7. The highest BCUT2D eigenvalue weighted by atomic mass is 35.5. The summed E-state index contributed by atoms with van der Waals surface area (Å²) in [5.74, 6) is 6.48. The number of nitrogens with zero attached hydrogens (tertiary/aromatic N) is 2. The summed E-state index contributed by atoms with van der Waals surface area (Å²) < 4.78 is 0. The number of benzene rings is 2. The molecule has 0 heterocycles. The van der Waals surface area contributed by atoms with Crippen LogP contribution in [0.15, 0.2) is 60.7 Å². The van der Waals surface area contributed by atoms with E-state index in [0.717, 1.165) is 25.2 Å². The normalized spacial score (nSPS) is 10.0. The number of hydrogen-bond donors (Lipinski definition) is 0. The molecule has 2 aromatic rings. The second-order valence-corrected chi connectivity index (χ2v) is 7.04. The zero-order valence-corrected chi connectivity index (χ0v) is 18.8. The lowest BCUT2D eigenvalue weighted by molar-refractivity contribution is 0.312. The predicted octanol–water partition coefficient (Wildman–Crippen LogP) is 5.51. The Kier molecular flexibility index (Phi) is 15.6. The monoisotopic (exact) mass is 420 g/mol. The van der Waals surface area contributed by atoms with E-state index in [2.05, 4.69) is 78.2 Å². The van der Waals surface area contributed by atoms with Crippen LogP contribution >= 0.6 is 24.8 Å². The Morgan fingerprint density at radius 3 is 1.82 bits per heavy atom. The lowest BCUT2D eigenvalue weighted by Gasteiger charge is -2.17. The van der Waals surface area contributed by atoms with Crippen LogP contribution in [0.2, 0.25) is 0 Å². The molecule has 0 fully saturated rings. The van der Waals surface area contributed by atoms with Crippen molar-refractivity contribution in [2.45, 2.75) is 32.2 Å². The third-order valence-electron chi connectivity index (χ3n) is 4.48. The molecule has 4 heteroatoms. The Labute approximate surface area is 184 Å². The van der Waals surface area contributed by atoms with E-state index in [1.165, 1.54) is 37.8 Å². The van der Waals surface area contributed by atoms with E-state index in [1.54, 1.807) is 0 Å². The molecule has 0 aromatic heterocycles. The van der Waals surface area contributed by atoms with Gasteiger partial charge < -0.3 is 4.90 Å². The molecule has 28 heavy (non-hydrogen) atoms. The highest BCUT2D eigenvalue weighted by Gasteiger charge is 2.00. The van der Waals surface area contributed by atoms with Gasteiger partial charge in [-0.1, -0.05) is 73.2 Å². The maximum Gasteiger partial charge on any atom is 0.0602 e. The van der Waals surface area contributed by atoms with Crippen molar-refractivity contribution >= 4 is 24.8 Å². The Bertz CT molecular complexity index is 665. The Balaban J connectivity index is 0.00000364. The summed E-state index contributed by atoms with van der Waals surface area (Å²) in [7, 11) is 4.37. The number of halogens is 2. The first kappa shape index (κ1) is 26.5. The molecular formula is C24H34Cl2N2. The van der Waals surface area contributed by atoms with E-state index < -0.39 is 0 Å². The lowest BCUT2D eigenvalue weighted by atomic mass is 10.1. The molecule has 0 aliphatic heterocycles. The van der Waals surface area contributed by atoms with Crippen molar-refractivity contribution in [3.05, 3.63) is 71.8 Å². The number of hydrogen-bond acceptors (Lipinski definition) is 2. The summed E-state index contributed by atoms with van der Waals surface area (Å²) >= 11 is 0. The van der Waals surface area contributed by atoms with Gasteiger partial charge in [0.15, 0.2) is 0 Å². The molecular weight excluding hydrogens is 387 g/mol. The Hall–Kier alpha value is -1.50. The van der Waals surface area contributed by atoms with E-state index in [4.69, 9.17) is 0 Å². The van der Waals surface area contributed by atoms with Gasteiger partial charge in [-0.15, -0.1) is 24.8 Å². The van der Waals surface area contributed by atoms with Crippen LogP contribution in [0, 0.1) is 11.8 Å². The van der Waals surface area contributed by atoms with Crippen molar-refractivity contribution in [2.24, 2.45) is 0 Å². The van der Waals surface area contributed by atoms with Crippen molar-refractivity contribution in [3.8, 4) is 11.8 Å². The van der Waals surface area contributed by atoms with Crippen molar-refractivity contribution in [1.82, 2.24) is 9.80 Å². The minimum absolute atomic E-state index is 0. The van der Waals surface area contributed by atoms with Gasteiger partial charge in [0.2, 0.25) is 0 Å². The third-order valence-corrected chi connectivity index (χ3v) is 4.48. The number of unbranched alkanes of at least 4 members (excludes halogenated alkanes) is 3. The molecule has 0 unspecified atom stereocenters. The second-order valence-electron chi connectivity index (χ2n) is 7.04. The molecule has 0 spiro atoms. The smallest absolute Gasteiger partial charge is 0.0602 e. The van der Waals surface area contributed by atoms with Gasteiger partial charge in [0.25, 0.3) is 0 Å². The molecule has 0 aliphatic carbocycles. The second kappa shape index (κ2) is 16.5. The van der Waals surface area contributed by atoms with Crippen LogP contribution in [0.4, 0.5) is 0 Å². The summed E-state index contributed by atoms with van der Waals surface area (Å²) in [5.41, 5.74) is 2.49. The maximum atomic E-state index is 3.26. The summed E-state index contributed by atoms with van der Waals surface area (Å²) in [4.78, 5) is 4.73. The van der Waals surface area contributed by atoms with Crippen LogP contribution in [-0.2, 0) is 6.54 Å². The minimum Gasteiger partial charge on any atom is -0.302 e. The van der Waals surface area contributed by atoms with Crippen molar-refractivity contribution in [1.29, 1.82) is 0 Å². The van der Waals surface area contributed by atoms with Crippen LogP contribution in [0.1, 0.15) is 36.8 Å². The van der Waals surface area contributed by atoms with E-state index >= 15 is 0 Å². The molecule has 0 amide bonds. The zero-order valence-electron chi connectivity index (χ0n) is 17.1. The molecule has 0 radical (unpaired) electrons. The third kappa shape index (κ3) is 12.1. The summed E-state index contributed by atoms with van der Waals surface area (Å²) in [6, 6.07) is 20.9. The van der Waals surface area contributed by atoms with Crippen LogP contribution in [-0.4, -0.2) is 43.5 Å². The summed E-state index contributed by atoms with van der Waals surface area (Å²) in [5, 5.41) is 0. The highest BCUT2D eigenvalue weighted by Crippen LogP contribution is 2.06. The van der Waals surface area contributed by atoms with E-state index in [-0.39, 0.29) is 24.8 Å². The van der Waals surface area contributed by atoms with Crippen molar-refractivity contribution < 1.29 is 0 Å². The van der Waals surface area contributed by atoms with E-state index in [1.807, 2.05) is 18.2 Å². The molecule has 154 valence electrons. The fourth-order valence-corrected chi connectivity index (χ4v) is 2.97. The average molecular weight is 421 g/mol. The average Bonchev–Trinajstić information content (AvgIpc) is 2.66. The van der Waals surface area contributed by atoms with Crippen LogP contribution < -0.4 is 0 Å². The molecule has 2 rings (SSSR count). The zero-order chi connectivity index (χ0) is 18.5. The molecule has 0 atom stereocenters. The fourth-order valence-electron chi connectivity index (χ4n) is 2.97. The topological polar surface area (TPSA) is 6.48 Å². The van der Waals surface area contributed by atoms with Gasteiger partial charge in [0, 0.05) is 12.1 Å². The summed E-state index contributed by atoms with van der Waals surface area (Å²) in [6.07, 6.45) is 5.14. The lowest BCUT2D eigenvalue weighted by Crippen LogP contribution is -2.20. The van der Waals surface area contributed by atoms with Gasteiger partial charge in [-0.3, -0.25) is 4.90 Å². The standard InChI is InChI=1S/C24H32N2.2ClH/c1-25(21-13-18-23-14-7-5-8-15-23)19-11-3-4-12-20-26(2)22-24-16-9-6-10-17-24;;/h5-10,14-17H,3-4,11-12,19-22H2,1-2H3;2*1H. The van der Waals surface area contributed by atoms with Gasteiger partial charge in [-0.05, 0) is 57.7 Å². The molecule has 2 aromatic carbocycles. The molecule has 0 N–H and O–H groups in total. The predicted molar refractivity (Wildman–Crippen MR) is 127 cm³/mol. The summed E-state index contributed by atoms with van der Waals surface area (Å²) in [6.45, 7) is 4.19. The first-order valence-corrected chi connectivity index (χ1v) is 9.69. The molecule has 2 nitrogen and oxygen atoms in total. The maximum absolute atomic E-state index is 3.26. The van der Waals surface area contributed by atoms with Crippen molar-refractivity contribution in [2.75, 3.05) is 33.7 Å². The first-order valence-electron chi connectivity index (χ1n) is 9.69. The highest BCUT2D eigenvalue weighted by molar-refractivity contribution is 5.85. The van der Waals surface area contributed by atoms with E-state index in [9.17, 15) is 0 Å². The van der Waals surface area contributed by atoms with Crippen LogP contribution in [0.25, 0.3) is 0 Å². The van der Waals surface area contributed by atoms with Gasteiger partial charge in [0.1, 0.15) is 0 Å². The SMILES string of the molecule is CN(CC#Cc1ccccc1)CCCCCCN(C)Cc1ccccc1.Cl.Cl. The van der Waals surface area contributed by atoms with Gasteiger partial charge in [0.05, 0.1) is 6.54 Å². The minimum atomic E-state index is 0. The van der Waals surface area contributed by atoms with Gasteiger partial charge in [-0.2, -0.15) is 0 Å². The van der Waals surface area contributed by atoms with Gasteiger partial charge >= 0.3 is 0 Å². The molecule has 0 bridgehead atoms. The van der Waals surface area contributed by atoms with Crippen LogP contribution in [0.3, 0.4) is 0 Å².